The Kier molecular flexibility index (Phi) is 9.72. The van der Waals surface area contributed by atoms with Crippen LogP contribution in [0.15, 0.2) is 71.6 Å². The Bertz CT molecular complexity index is 1380. The average molecular weight is 603 g/mol. The molecule has 0 heterocycles. The summed E-state index contributed by atoms with van der Waals surface area (Å²) in [6.07, 6.45) is 0. The number of amides is 2. The van der Waals surface area contributed by atoms with E-state index in [0.29, 0.717) is 10.6 Å². The first-order valence-corrected chi connectivity index (χ1v) is 13.9. The first-order valence-electron chi connectivity index (χ1n) is 10.9. The lowest BCUT2D eigenvalue weighted by Crippen LogP contribution is -2.50. The number of hydrogen-bond acceptors (Lipinski definition) is 4. The summed E-state index contributed by atoms with van der Waals surface area (Å²) >= 11 is 24.5. The van der Waals surface area contributed by atoms with Crippen molar-refractivity contribution >= 4 is 73.9 Å². The maximum atomic E-state index is 13.7. The smallest absolute Gasteiger partial charge is 0.264 e. The van der Waals surface area contributed by atoms with Gasteiger partial charge in [-0.15, -0.1) is 0 Å². The van der Waals surface area contributed by atoms with Gasteiger partial charge in [-0.2, -0.15) is 0 Å². The second kappa shape index (κ2) is 12.4. The Morgan fingerprint density at radius 2 is 1.51 bits per heavy atom. The van der Waals surface area contributed by atoms with Gasteiger partial charge in [0, 0.05) is 23.6 Å². The maximum Gasteiger partial charge on any atom is 0.264 e. The van der Waals surface area contributed by atoms with Gasteiger partial charge in [0.2, 0.25) is 11.8 Å². The van der Waals surface area contributed by atoms with Gasteiger partial charge in [0.05, 0.1) is 20.6 Å². The maximum absolute atomic E-state index is 13.7. The van der Waals surface area contributed by atoms with Gasteiger partial charge in [-0.1, -0.05) is 70.7 Å². The lowest BCUT2D eigenvalue weighted by atomic mass is 10.1. The molecule has 3 aromatic carbocycles. The highest BCUT2D eigenvalue weighted by Crippen LogP contribution is 2.30. The molecule has 0 aromatic heterocycles. The normalized spacial score (nSPS) is 12.1. The molecule has 0 aliphatic carbocycles. The fourth-order valence-corrected chi connectivity index (χ4v) is 5.81. The van der Waals surface area contributed by atoms with Gasteiger partial charge in [-0.3, -0.25) is 13.9 Å². The van der Waals surface area contributed by atoms with Crippen molar-refractivity contribution in [2.75, 3.05) is 17.9 Å². The zero-order valence-electron chi connectivity index (χ0n) is 19.8. The van der Waals surface area contributed by atoms with E-state index in [2.05, 4.69) is 5.32 Å². The van der Waals surface area contributed by atoms with Gasteiger partial charge in [0.15, 0.2) is 0 Å². The molecule has 0 aliphatic heterocycles. The SMILES string of the molecule is CNC(=O)C(C)N(Cc1ccc(Cl)c(Cl)c1)C(=O)CN(c1cc(Cl)cc(Cl)c1)S(=O)(=O)c1ccccc1. The molecule has 2 amide bonds. The highest BCUT2D eigenvalue weighted by atomic mass is 35.5. The number of carbonyl (C=O) groups excluding carboxylic acids is 2. The Balaban J connectivity index is 2.06. The quantitative estimate of drug-likeness (QED) is 0.342. The number of benzene rings is 3. The number of hydrogen-bond donors (Lipinski definition) is 1. The van der Waals surface area contributed by atoms with Crippen LogP contribution in [0.25, 0.3) is 0 Å². The summed E-state index contributed by atoms with van der Waals surface area (Å²) in [4.78, 5) is 27.5. The minimum absolute atomic E-state index is 0.0279. The predicted octanol–water partition coefficient (Wildman–Crippen LogP) is 5.66. The Hall–Kier alpha value is -2.49. The lowest BCUT2D eigenvalue weighted by molar-refractivity contribution is -0.139. The van der Waals surface area contributed by atoms with E-state index in [0.717, 1.165) is 4.31 Å². The van der Waals surface area contributed by atoms with Gasteiger partial charge in [-0.25, -0.2) is 8.42 Å². The van der Waals surface area contributed by atoms with Crippen molar-refractivity contribution in [2.24, 2.45) is 0 Å². The molecule has 12 heteroatoms. The van der Waals surface area contributed by atoms with Crippen LogP contribution >= 0.6 is 46.4 Å². The summed E-state index contributed by atoms with van der Waals surface area (Å²) < 4.78 is 28.3. The summed E-state index contributed by atoms with van der Waals surface area (Å²) in [5.74, 6) is -1.07. The van der Waals surface area contributed by atoms with E-state index >= 15 is 0 Å². The molecule has 0 fully saturated rings. The molecule has 3 rings (SSSR count). The number of carbonyl (C=O) groups is 2. The Labute approximate surface area is 235 Å². The van der Waals surface area contributed by atoms with Crippen LogP contribution in [-0.2, 0) is 26.2 Å². The van der Waals surface area contributed by atoms with Crippen molar-refractivity contribution in [3.63, 3.8) is 0 Å². The average Bonchev–Trinajstić information content (AvgIpc) is 2.86. The van der Waals surface area contributed by atoms with Gasteiger partial charge in [0.1, 0.15) is 12.6 Å². The molecule has 196 valence electrons. The van der Waals surface area contributed by atoms with Crippen molar-refractivity contribution in [3.8, 4) is 0 Å². The van der Waals surface area contributed by atoms with Crippen LogP contribution < -0.4 is 9.62 Å². The summed E-state index contributed by atoms with van der Waals surface area (Å²) in [5.41, 5.74) is 0.693. The van der Waals surface area contributed by atoms with Crippen molar-refractivity contribution < 1.29 is 18.0 Å². The van der Waals surface area contributed by atoms with Crippen LogP contribution in [0, 0.1) is 0 Å². The summed E-state index contributed by atoms with van der Waals surface area (Å²) in [6, 6.07) is 15.8. The summed E-state index contributed by atoms with van der Waals surface area (Å²) in [5, 5.41) is 3.51. The number of sulfonamides is 1. The fourth-order valence-electron chi connectivity index (χ4n) is 3.56. The molecular formula is C25H23Cl4N3O4S. The van der Waals surface area contributed by atoms with Gasteiger partial charge < -0.3 is 10.2 Å². The van der Waals surface area contributed by atoms with Crippen LogP contribution in [0.3, 0.4) is 0 Å². The van der Waals surface area contributed by atoms with E-state index < -0.39 is 34.4 Å². The molecule has 0 spiro atoms. The molecule has 3 aromatic rings. The monoisotopic (exact) mass is 601 g/mol. The number of rotatable bonds is 9. The highest BCUT2D eigenvalue weighted by Gasteiger charge is 2.32. The second-order valence-electron chi connectivity index (χ2n) is 8.01. The summed E-state index contributed by atoms with van der Waals surface area (Å²) in [6.45, 7) is 0.886. The second-order valence-corrected chi connectivity index (χ2v) is 11.6. The minimum atomic E-state index is -4.22. The van der Waals surface area contributed by atoms with E-state index in [1.54, 1.807) is 43.3 Å². The zero-order chi connectivity index (χ0) is 27.3. The first kappa shape index (κ1) is 29.1. The largest absolute Gasteiger partial charge is 0.357 e. The van der Waals surface area contributed by atoms with E-state index in [9.17, 15) is 18.0 Å². The molecule has 1 atom stereocenters. The fraction of sp³-hybridized carbons (Fsp3) is 0.200. The van der Waals surface area contributed by atoms with Crippen molar-refractivity contribution in [1.82, 2.24) is 10.2 Å². The zero-order valence-corrected chi connectivity index (χ0v) is 23.6. The number of anilines is 1. The topological polar surface area (TPSA) is 86.8 Å². The van der Waals surface area contributed by atoms with Crippen molar-refractivity contribution in [1.29, 1.82) is 0 Å². The highest BCUT2D eigenvalue weighted by molar-refractivity contribution is 7.92. The number of likely N-dealkylation sites (N-methyl/N-ethyl adjacent to an activating group) is 1. The van der Waals surface area contributed by atoms with Crippen molar-refractivity contribution in [3.05, 3.63) is 92.4 Å². The molecule has 0 radical (unpaired) electrons. The van der Waals surface area contributed by atoms with Crippen LogP contribution in [0.4, 0.5) is 5.69 Å². The third-order valence-electron chi connectivity index (χ3n) is 5.50. The van der Waals surface area contributed by atoms with Crippen LogP contribution in [-0.4, -0.2) is 44.8 Å². The van der Waals surface area contributed by atoms with Crippen LogP contribution in [0.5, 0.6) is 0 Å². The lowest BCUT2D eigenvalue weighted by Gasteiger charge is -2.32. The molecular weight excluding hydrogens is 580 g/mol. The van der Waals surface area contributed by atoms with E-state index in [1.165, 1.54) is 42.3 Å². The van der Waals surface area contributed by atoms with E-state index in [1.807, 2.05) is 0 Å². The molecule has 37 heavy (non-hydrogen) atoms. The molecule has 7 nitrogen and oxygen atoms in total. The van der Waals surface area contributed by atoms with Gasteiger partial charge in [0.25, 0.3) is 10.0 Å². The molecule has 0 aliphatic rings. The predicted molar refractivity (Wildman–Crippen MR) is 148 cm³/mol. The van der Waals surface area contributed by atoms with Crippen LogP contribution in [0.2, 0.25) is 20.1 Å². The molecule has 0 bridgehead atoms. The molecule has 0 saturated heterocycles. The minimum Gasteiger partial charge on any atom is -0.357 e. The number of nitrogens with one attached hydrogen (secondary N) is 1. The number of halogens is 4. The Morgan fingerprint density at radius 1 is 0.892 bits per heavy atom. The summed E-state index contributed by atoms with van der Waals surface area (Å²) in [7, 11) is -2.78. The number of nitrogens with zero attached hydrogens (tertiary/aromatic N) is 2. The standard InChI is InChI=1S/C25H23Cl4N3O4S/c1-16(25(34)30-2)31(14-17-8-9-22(28)23(29)10-17)24(33)15-32(20-12-18(26)11-19(27)13-20)37(35,36)21-6-4-3-5-7-21/h3-13,16H,14-15H2,1-2H3,(H,30,34). The van der Waals surface area contributed by atoms with E-state index in [4.69, 9.17) is 46.4 Å². The van der Waals surface area contributed by atoms with Crippen LogP contribution in [0.1, 0.15) is 12.5 Å². The molecule has 0 saturated carbocycles. The van der Waals surface area contributed by atoms with Gasteiger partial charge >= 0.3 is 0 Å². The third-order valence-corrected chi connectivity index (χ3v) is 8.46. The Morgan fingerprint density at radius 3 is 2.08 bits per heavy atom. The third kappa shape index (κ3) is 7.09. The first-order chi connectivity index (χ1) is 17.4. The van der Waals surface area contributed by atoms with E-state index in [-0.39, 0.29) is 32.2 Å². The van der Waals surface area contributed by atoms with Crippen molar-refractivity contribution in [2.45, 2.75) is 24.4 Å². The molecule has 1 N–H and O–H groups in total. The molecule has 1 unspecified atom stereocenters. The van der Waals surface area contributed by atoms with Gasteiger partial charge in [-0.05, 0) is 55.0 Å².